The first-order valence-electron chi connectivity index (χ1n) is 5.39. The zero-order valence-electron chi connectivity index (χ0n) is 9.68. The van der Waals surface area contributed by atoms with Crippen molar-refractivity contribution in [3.05, 3.63) is 33.9 Å². The molecule has 0 bridgehead atoms. The highest BCUT2D eigenvalue weighted by Gasteiger charge is 2.14. The largest absolute Gasteiger partial charge is 0.369 e. The second-order valence-electron chi connectivity index (χ2n) is 3.96. The van der Waals surface area contributed by atoms with Crippen molar-refractivity contribution in [1.29, 1.82) is 0 Å². The van der Waals surface area contributed by atoms with Crippen LogP contribution in [0.5, 0.6) is 0 Å². The Morgan fingerprint density at radius 1 is 1.35 bits per heavy atom. The van der Waals surface area contributed by atoms with Gasteiger partial charge in [-0.15, -0.1) is 12.4 Å². The van der Waals surface area contributed by atoms with Crippen LogP contribution >= 0.6 is 12.4 Å². The van der Waals surface area contributed by atoms with E-state index in [1.165, 1.54) is 0 Å². The lowest BCUT2D eigenvalue weighted by Crippen LogP contribution is -2.43. The molecule has 1 saturated heterocycles. The minimum atomic E-state index is -0.353. The fourth-order valence-corrected chi connectivity index (χ4v) is 2.01. The van der Waals surface area contributed by atoms with Crippen molar-refractivity contribution in [1.82, 2.24) is 5.32 Å². The maximum absolute atomic E-state index is 10.6. The first-order chi connectivity index (χ1) is 7.68. The minimum Gasteiger partial charge on any atom is -0.369 e. The van der Waals surface area contributed by atoms with E-state index in [-0.39, 0.29) is 23.0 Å². The predicted octanol–water partition coefficient (Wildman–Crippen LogP) is 1.73. The number of nitrogens with one attached hydrogen (secondary N) is 1. The third-order valence-electron chi connectivity index (χ3n) is 2.85. The van der Waals surface area contributed by atoms with Gasteiger partial charge in [0.2, 0.25) is 0 Å². The Morgan fingerprint density at radius 3 is 2.53 bits per heavy atom. The highest BCUT2D eigenvalue weighted by atomic mass is 35.5. The van der Waals surface area contributed by atoms with Crippen molar-refractivity contribution in [2.45, 2.75) is 6.92 Å². The molecule has 1 fully saturated rings. The maximum atomic E-state index is 10.6. The molecule has 0 atom stereocenters. The lowest BCUT2D eigenvalue weighted by molar-refractivity contribution is -0.384. The van der Waals surface area contributed by atoms with Gasteiger partial charge in [0.15, 0.2) is 0 Å². The van der Waals surface area contributed by atoms with Crippen LogP contribution in [0.1, 0.15) is 5.56 Å². The van der Waals surface area contributed by atoms with Gasteiger partial charge in [-0.25, -0.2) is 0 Å². The number of nitro groups is 1. The number of rotatable bonds is 2. The van der Waals surface area contributed by atoms with Gasteiger partial charge >= 0.3 is 0 Å². The number of hydrogen-bond donors (Lipinski definition) is 1. The van der Waals surface area contributed by atoms with Gasteiger partial charge in [-0.1, -0.05) is 0 Å². The number of anilines is 1. The third-order valence-corrected chi connectivity index (χ3v) is 2.85. The average Bonchev–Trinajstić information content (AvgIpc) is 2.30. The molecule has 0 radical (unpaired) electrons. The van der Waals surface area contributed by atoms with E-state index in [9.17, 15) is 10.1 Å². The summed E-state index contributed by atoms with van der Waals surface area (Å²) in [6.45, 7) is 5.77. The summed E-state index contributed by atoms with van der Waals surface area (Å²) in [6, 6.07) is 5.06. The summed E-state index contributed by atoms with van der Waals surface area (Å²) in [4.78, 5) is 12.5. The first-order valence-corrected chi connectivity index (χ1v) is 5.39. The summed E-state index contributed by atoms with van der Waals surface area (Å²) >= 11 is 0. The van der Waals surface area contributed by atoms with Gasteiger partial charge in [0.1, 0.15) is 0 Å². The molecule has 17 heavy (non-hydrogen) atoms. The molecule has 0 amide bonds. The van der Waals surface area contributed by atoms with Crippen molar-refractivity contribution < 1.29 is 4.92 Å². The van der Waals surface area contributed by atoms with Gasteiger partial charge in [0.25, 0.3) is 5.69 Å². The zero-order valence-corrected chi connectivity index (χ0v) is 10.5. The first kappa shape index (κ1) is 13.7. The molecule has 94 valence electrons. The molecule has 1 heterocycles. The molecule has 0 aliphatic carbocycles. The predicted molar refractivity (Wildman–Crippen MR) is 70.2 cm³/mol. The molecular formula is C11H16ClN3O2. The monoisotopic (exact) mass is 257 g/mol. The molecule has 1 aliphatic heterocycles. The van der Waals surface area contributed by atoms with Crippen LogP contribution in [-0.2, 0) is 0 Å². The summed E-state index contributed by atoms with van der Waals surface area (Å²) in [7, 11) is 0. The van der Waals surface area contributed by atoms with E-state index in [0.29, 0.717) is 0 Å². The van der Waals surface area contributed by atoms with E-state index in [1.807, 2.05) is 13.0 Å². The number of piperazine rings is 1. The van der Waals surface area contributed by atoms with Crippen LogP contribution < -0.4 is 10.2 Å². The lowest BCUT2D eigenvalue weighted by atomic mass is 10.1. The second kappa shape index (κ2) is 5.84. The van der Waals surface area contributed by atoms with E-state index < -0.39 is 0 Å². The van der Waals surface area contributed by atoms with E-state index in [0.717, 1.165) is 37.4 Å². The Morgan fingerprint density at radius 2 is 2.00 bits per heavy atom. The Labute approximate surface area is 106 Å². The number of aryl methyl sites for hydroxylation is 1. The molecule has 0 saturated carbocycles. The molecule has 0 unspecified atom stereocenters. The second-order valence-corrected chi connectivity index (χ2v) is 3.96. The molecule has 1 aromatic rings. The van der Waals surface area contributed by atoms with E-state index >= 15 is 0 Å². The van der Waals surface area contributed by atoms with E-state index in [2.05, 4.69) is 10.2 Å². The Kier molecular flexibility index (Phi) is 4.72. The van der Waals surface area contributed by atoms with Gasteiger partial charge in [-0.2, -0.15) is 0 Å². The number of hydrogen-bond acceptors (Lipinski definition) is 4. The number of nitrogens with zero attached hydrogens (tertiary/aromatic N) is 2. The Hall–Kier alpha value is -1.33. The molecule has 5 nitrogen and oxygen atoms in total. The van der Waals surface area contributed by atoms with Crippen molar-refractivity contribution in [2.75, 3.05) is 31.1 Å². The van der Waals surface area contributed by atoms with Crippen LogP contribution in [0.2, 0.25) is 0 Å². The number of non-ortho nitro benzene ring substituents is 1. The van der Waals surface area contributed by atoms with Gasteiger partial charge < -0.3 is 10.2 Å². The van der Waals surface area contributed by atoms with Crippen LogP contribution in [0.15, 0.2) is 18.2 Å². The Balaban J connectivity index is 0.00000144. The van der Waals surface area contributed by atoms with Crippen molar-refractivity contribution in [2.24, 2.45) is 0 Å². The van der Waals surface area contributed by atoms with Gasteiger partial charge in [-0.05, 0) is 18.6 Å². The number of benzene rings is 1. The molecule has 1 N–H and O–H groups in total. The fraction of sp³-hybridized carbons (Fsp3) is 0.455. The lowest BCUT2D eigenvalue weighted by Gasteiger charge is -2.30. The summed E-state index contributed by atoms with van der Waals surface area (Å²) < 4.78 is 0. The highest BCUT2D eigenvalue weighted by Crippen LogP contribution is 2.24. The number of halogens is 1. The summed E-state index contributed by atoms with van der Waals surface area (Å²) in [6.07, 6.45) is 0. The molecule has 1 aromatic carbocycles. The van der Waals surface area contributed by atoms with Crippen molar-refractivity contribution in [3.8, 4) is 0 Å². The SMILES string of the molecule is Cc1cc([N+](=O)[O-])ccc1N1CCNCC1.Cl. The Bertz CT molecular complexity index is 406. The summed E-state index contributed by atoms with van der Waals surface area (Å²) in [5.41, 5.74) is 2.24. The third kappa shape index (κ3) is 3.08. The molecule has 0 spiro atoms. The molecule has 0 aromatic heterocycles. The van der Waals surface area contributed by atoms with Crippen molar-refractivity contribution >= 4 is 23.8 Å². The highest BCUT2D eigenvalue weighted by molar-refractivity contribution is 5.85. The molecule has 6 heteroatoms. The van der Waals surface area contributed by atoms with E-state index in [4.69, 9.17) is 0 Å². The summed E-state index contributed by atoms with van der Waals surface area (Å²) in [5, 5.41) is 13.9. The van der Waals surface area contributed by atoms with Crippen LogP contribution in [0.3, 0.4) is 0 Å². The molecule has 1 aliphatic rings. The number of nitro benzene ring substituents is 1. The minimum absolute atomic E-state index is 0. The van der Waals surface area contributed by atoms with Crippen LogP contribution in [0.25, 0.3) is 0 Å². The normalized spacial score (nSPS) is 15.2. The van der Waals surface area contributed by atoms with Crippen molar-refractivity contribution in [3.63, 3.8) is 0 Å². The topological polar surface area (TPSA) is 58.4 Å². The smallest absolute Gasteiger partial charge is 0.269 e. The van der Waals surface area contributed by atoms with Crippen LogP contribution in [0.4, 0.5) is 11.4 Å². The van der Waals surface area contributed by atoms with Crippen LogP contribution in [0, 0.1) is 17.0 Å². The fourth-order valence-electron chi connectivity index (χ4n) is 2.01. The zero-order chi connectivity index (χ0) is 11.5. The van der Waals surface area contributed by atoms with Gasteiger partial charge in [-0.3, -0.25) is 10.1 Å². The molecular weight excluding hydrogens is 242 g/mol. The maximum Gasteiger partial charge on any atom is 0.269 e. The van der Waals surface area contributed by atoms with Gasteiger partial charge in [0.05, 0.1) is 4.92 Å². The molecule has 2 rings (SSSR count). The quantitative estimate of drug-likeness (QED) is 0.648. The van der Waals surface area contributed by atoms with Crippen LogP contribution in [-0.4, -0.2) is 31.1 Å². The van der Waals surface area contributed by atoms with Gasteiger partial charge in [0, 0.05) is 44.0 Å². The average molecular weight is 258 g/mol. The standard InChI is InChI=1S/C11H15N3O2.ClH/c1-9-8-10(14(15)16)2-3-11(9)13-6-4-12-5-7-13;/h2-3,8,12H,4-7H2,1H3;1H. The summed E-state index contributed by atoms with van der Waals surface area (Å²) in [5.74, 6) is 0. The van der Waals surface area contributed by atoms with E-state index in [1.54, 1.807) is 12.1 Å².